The van der Waals surface area contributed by atoms with Crippen LogP contribution in [0.5, 0.6) is 5.75 Å². The van der Waals surface area contributed by atoms with Gasteiger partial charge in [-0.15, -0.1) is 0 Å². The van der Waals surface area contributed by atoms with Crippen LogP contribution in [0, 0.1) is 5.92 Å². The van der Waals surface area contributed by atoms with Gasteiger partial charge >= 0.3 is 0 Å². The molecule has 1 saturated carbocycles. The molecule has 3 N–H and O–H groups in total. The summed E-state index contributed by atoms with van der Waals surface area (Å²) in [6, 6.07) is 7.68. The smallest absolute Gasteiger partial charge is 0.257 e. The normalized spacial score (nSPS) is 19.4. The zero-order chi connectivity index (χ0) is 17.5. The van der Waals surface area contributed by atoms with Gasteiger partial charge in [0.25, 0.3) is 5.91 Å². The largest absolute Gasteiger partial charge is 0.483 e. The van der Waals surface area contributed by atoms with E-state index in [1.165, 1.54) is 12.8 Å². The van der Waals surface area contributed by atoms with E-state index in [0.29, 0.717) is 50.8 Å². The monoisotopic (exact) mass is 348 g/mol. The van der Waals surface area contributed by atoms with Gasteiger partial charge in [-0.2, -0.15) is 0 Å². The lowest BCUT2D eigenvalue weighted by Crippen LogP contribution is -2.44. The van der Waals surface area contributed by atoms with Crippen LogP contribution in [0.15, 0.2) is 24.3 Å². The molecule has 6 nitrogen and oxygen atoms in total. The molecule has 138 valence electrons. The molecule has 1 saturated heterocycles. The predicted molar refractivity (Wildman–Crippen MR) is 94.4 cm³/mol. The number of nitrogens with one attached hydrogen (secondary N) is 2. The summed E-state index contributed by atoms with van der Waals surface area (Å²) in [5.41, 5.74) is 0.282. The van der Waals surface area contributed by atoms with Gasteiger partial charge in [0.1, 0.15) is 5.75 Å². The van der Waals surface area contributed by atoms with Gasteiger partial charge in [-0.3, -0.25) is 4.79 Å². The van der Waals surface area contributed by atoms with Crippen molar-refractivity contribution in [3.8, 4) is 5.75 Å². The van der Waals surface area contributed by atoms with Gasteiger partial charge < -0.3 is 25.2 Å². The summed E-state index contributed by atoms with van der Waals surface area (Å²) < 4.78 is 11.0. The minimum atomic E-state index is -0.698. The number of benzene rings is 1. The van der Waals surface area contributed by atoms with Crippen LogP contribution in [0.25, 0.3) is 0 Å². The van der Waals surface area contributed by atoms with Crippen LogP contribution in [0.1, 0.15) is 31.2 Å². The fraction of sp³-hybridized carbons (Fsp3) is 0.632. The highest BCUT2D eigenvalue weighted by Gasteiger charge is 2.29. The number of amides is 1. The number of carbonyl (C=O) groups is 1. The summed E-state index contributed by atoms with van der Waals surface area (Å²) in [4.78, 5) is 11.8. The molecule has 0 unspecified atom stereocenters. The average molecular weight is 348 g/mol. The average Bonchev–Trinajstić information content (AvgIpc) is 3.44. The van der Waals surface area contributed by atoms with E-state index < -0.39 is 5.60 Å². The Labute approximate surface area is 148 Å². The fourth-order valence-electron chi connectivity index (χ4n) is 2.92. The molecule has 1 aromatic rings. The van der Waals surface area contributed by atoms with Crippen molar-refractivity contribution in [1.82, 2.24) is 10.6 Å². The number of para-hydroxylation sites is 1. The zero-order valence-corrected chi connectivity index (χ0v) is 14.6. The van der Waals surface area contributed by atoms with E-state index in [9.17, 15) is 9.90 Å². The number of aliphatic hydroxyl groups is 1. The lowest BCUT2D eigenvalue weighted by Gasteiger charge is -2.32. The molecule has 1 amide bonds. The van der Waals surface area contributed by atoms with Crippen molar-refractivity contribution in [2.75, 3.05) is 32.9 Å². The van der Waals surface area contributed by atoms with Gasteiger partial charge in [0.2, 0.25) is 0 Å². The Hall–Kier alpha value is -1.63. The first-order chi connectivity index (χ1) is 12.1. The van der Waals surface area contributed by atoms with Crippen molar-refractivity contribution >= 4 is 5.91 Å². The Morgan fingerprint density at radius 1 is 1.28 bits per heavy atom. The maximum Gasteiger partial charge on any atom is 0.257 e. The van der Waals surface area contributed by atoms with Crippen LogP contribution in [-0.2, 0) is 16.1 Å². The van der Waals surface area contributed by atoms with Crippen LogP contribution in [0.4, 0.5) is 0 Å². The topological polar surface area (TPSA) is 79.8 Å². The predicted octanol–water partition coefficient (Wildman–Crippen LogP) is 1.22. The summed E-state index contributed by atoms with van der Waals surface area (Å²) in [5.74, 6) is 1.29. The molecular weight excluding hydrogens is 320 g/mol. The molecule has 0 aromatic heterocycles. The fourth-order valence-corrected chi connectivity index (χ4v) is 2.92. The van der Waals surface area contributed by atoms with E-state index in [2.05, 4.69) is 10.6 Å². The molecule has 2 fully saturated rings. The standard InChI is InChI=1S/C19H28N2O4/c22-18(21-11-15-5-6-15)13-25-17-4-2-1-3-16(17)12-20-14-19(23)7-9-24-10-8-19/h1-4,15,20,23H,5-14H2,(H,21,22). The minimum absolute atomic E-state index is 0.0327. The Balaban J connectivity index is 1.44. The Morgan fingerprint density at radius 3 is 2.80 bits per heavy atom. The van der Waals surface area contributed by atoms with Crippen LogP contribution < -0.4 is 15.4 Å². The van der Waals surface area contributed by atoms with E-state index in [1.54, 1.807) is 0 Å². The first-order valence-electron chi connectivity index (χ1n) is 9.13. The van der Waals surface area contributed by atoms with E-state index in [4.69, 9.17) is 9.47 Å². The molecule has 0 radical (unpaired) electrons. The lowest BCUT2D eigenvalue weighted by molar-refractivity contribution is -0.123. The molecule has 1 aromatic carbocycles. The number of hydrogen-bond acceptors (Lipinski definition) is 5. The number of carbonyl (C=O) groups excluding carboxylic acids is 1. The molecule has 0 spiro atoms. The molecule has 1 aliphatic carbocycles. The zero-order valence-electron chi connectivity index (χ0n) is 14.6. The lowest BCUT2D eigenvalue weighted by atomic mass is 9.94. The third-order valence-corrected chi connectivity index (χ3v) is 4.81. The Bertz CT molecular complexity index is 568. The van der Waals surface area contributed by atoms with Gasteiger partial charge in [-0.1, -0.05) is 18.2 Å². The second-order valence-electron chi connectivity index (χ2n) is 7.08. The minimum Gasteiger partial charge on any atom is -0.483 e. The van der Waals surface area contributed by atoms with Crippen molar-refractivity contribution in [1.29, 1.82) is 0 Å². The van der Waals surface area contributed by atoms with Gasteiger partial charge in [0.05, 0.1) is 5.60 Å². The number of rotatable bonds is 9. The second-order valence-corrected chi connectivity index (χ2v) is 7.08. The van der Waals surface area contributed by atoms with Crippen LogP contribution in [-0.4, -0.2) is 49.5 Å². The maximum absolute atomic E-state index is 11.8. The molecule has 25 heavy (non-hydrogen) atoms. The van der Waals surface area contributed by atoms with Gasteiger partial charge in [0, 0.05) is 51.3 Å². The molecule has 1 heterocycles. The first kappa shape index (κ1) is 18.2. The Kier molecular flexibility index (Phi) is 6.29. The molecule has 2 aliphatic rings. The van der Waals surface area contributed by atoms with Crippen molar-refractivity contribution in [2.24, 2.45) is 5.92 Å². The van der Waals surface area contributed by atoms with Crippen LogP contribution in [0.3, 0.4) is 0 Å². The molecular formula is C19H28N2O4. The van der Waals surface area contributed by atoms with E-state index in [0.717, 1.165) is 12.1 Å². The summed E-state index contributed by atoms with van der Waals surface area (Å²) in [7, 11) is 0. The van der Waals surface area contributed by atoms with E-state index in [-0.39, 0.29) is 12.5 Å². The highest BCUT2D eigenvalue weighted by atomic mass is 16.5. The Morgan fingerprint density at radius 2 is 2.04 bits per heavy atom. The van der Waals surface area contributed by atoms with Crippen molar-refractivity contribution in [3.05, 3.63) is 29.8 Å². The summed E-state index contributed by atoms with van der Waals surface area (Å²) >= 11 is 0. The van der Waals surface area contributed by atoms with Crippen LogP contribution >= 0.6 is 0 Å². The summed E-state index contributed by atoms with van der Waals surface area (Å²) in [6.07, 6.45) is 3.74. The molecule has 0 bridgehead atoms. The second kappa shape index (κ2) is 8.65. The third-order valence-electron chi connectivity index (χ3n) is 4.81. The molecule has 3 rings (SSSR count). The maximum atomic E-state index is 11.8. The number of hydrogen-bond donors (Lipinski definition) is 3. The summed E-state index contributed by atoms with van der Waals surface area (Å²) in [6.45, 7) is 3.11. The quantitative estimate of drug-likeness (QED) is 0.625. The highest BCUT2D eigenvalue weighted by Crippen LogP contribution is 2.27. The SMILES string of the molecule is O=C(COc1ccccc1CNCC1(O)CCOCC1)NCC1CC1. The summed E-state index contributed by atoms with van der Waals surface area (Å²) in [5, 5.41) is 16.7. The van der Waals surface area contributed by atoms with E-state index in [1.807, 2.05) is 24.3 Å². The van der Waals surface area contributed by atoms with E-state index >= 15 is 0 Å². The number of ether oxygens (including phenoxy) is 2. The molecule has 1 aliphatic heterocycles. The van der Waals surface area contributed by atoms with Gasteiger partial charge in [0.15, 0.2) is 6.61 Å². The first-order valence-corrected chi connectivity index (χ1v) is 9.13. The van der Waals surface area contributed by atoms with Crippen molar-refractivity contribution in [2.45, 2.75) is 37.8 Å². The van der Waals surface area contributed by atoms with Crippen molar-refractivity contribution in [3.63, 3.8) is 0 Å². The van der Waals surface area contributed by atoms with Crippen molar-refractivity contribution < 1.29 is 19.4 Å². The van der Waals surface area contributed by atoms with Gasteiger partial charge in [-0.05, 0) is 24.8 Å². The van der Waals surface area contributed by atoms with Gasteiger partial charge in [-0.25, -0.2) is 0 Å². The third kappa shape index (κ3) is 5.99. The molecule has 6 heteroatoms. The van der Waals surface area contributed by atoms with Crippen LogP contribution in [0.2, 0.25) is 0 Å². The molecule has 0 atom stereocenters. The highest BCUT2D eigenvalue weighted by molar-refractivity contribution is 5.77.